The first-order valence-electron chi connectivity index (χ1n) is 8.85. The predicted octanol–water partition coefficient (Wildman–Crippen LogP) is 3.51. The summed E-state index contributed by atoms with van der Waals surface area (Å²) in [7, 11) is 4.03. The van der Waals surface area contributed by atoms with E-state index < -0.39 is 0 Å². The molecule has 4 aromatic rings. The second-order valence-electron chi connectivity index (χ2n) is 6.42. The molecule has 0 spiro atoms. The lowest BCUT2D eigenvalue weighted by atomic mass is 10.2. The molecule has 0 amide bonds. The highest BCUT2D eigenvalue weighted by Crippen LogP contribution is 2.26. The van der Waals surface area contributed by atoms with Gasteiger partial charge in [0.2, 0.25) is 0 Å². The number of aryl methyl sites for hydroxylation is 1. The van der Waals surface area contributed by atoms with Crippen LogP contribution in [0.2, 0.25) is 0 Å². The van der Waals surface area contributed by atoms with E-state index in [1.54, 1.807) is 6.21 Å². The number of rotatable bonds is 5. The van der Waals surface area contributed by atoms with Gasteiger partial charge in [-0.1, -0.05) is 30.3 Å². The molecular formula is C20H21N7. The van der Waals surface area contributed by atoms with Crippen LogP contribution < -0.4 is 10.3 Å². The third-order valence-electron chi connectivity index (χ3n) is 4.48. The van der Waals surface area contributed by atoms with E-state index in [4.69, 9.17) is 0 Å². The van der Waals surface area contributed by atoms with Crippen LogP contribution in [0.3, 0.4) is 0 Å². The van der Waals surface area contributed by atoms with Crippen LogP contribution >= 0.6 is 0 Å². The number of hydrogen-bond acceptors (Lipinski definition) is 6. The fraction of sp³-hybridized carbons (Fsp3) is 0.200. The SMILES string of the molecule is CCn1c2ccccc2c2nnc(N/N=C\c3ccc(N(C)C)cc3)nc21. The summed E-state index contributed by atoms with van der Waals surface area (Å²) in [6.07, 6.45) is 1.74. The first-order valence-corrected chi connectivity index (χ1v) is 8.85. The van der Waals surface area contributed by atoms with E-state index in [0.717, 1.165) is 39.9 Å². The van der Waals surface area contributed by atoms with Crippen molar-refractivity contribution in [3.05, 3.63) is 54.1 Å². The Kier molecular flexibility index (Phi) is 4.42. The van der Waals surface area contributed by atoms with Crippen LogP contribution in [0.4, 0.5) is 11.6 Å². The maximum atomic E-state index is 4.61. The Morgan fingerprint density at radius 2 is 1.85 bits per heavy atom. The molecule has 0 aliphatic carbocycles. The lowest BCUT2D eigenvalue weighted by molar-refractivity contribution is 0.811. The molecule has 0 aliphatic heterocycles. The molecule has 27 heavy (non-hydrogen) atoms. The molecule has 0 radical (unpaired) electrons. The third kappa shape index (κ3) is 3.19. The van der Waals surface area contributed by atoms with Crippen LogP contribution in [0.1, 0.15) is 12.5 Å². The van der Waals surface area contributed by atoms with Gasteiger partial charge in [-0.15, -0.1) is 10.2 Å². The monoisotopic (exact) mass is 359 g/mol. The second kappa shape index (κ2) is 7.03. The van der Waals surface area contributed by atoms with E-state index in [9.17, 15) is 0 Å². The van der Waals surface area contributed by atoms with Gasteiger partial charge in [-0.3, -0.25) is 0 Å². The summed E-state index contributed by atoms with van der Waals surface area (Å²) in [5, 5.41) is 13.8. The minimum atomic E-state index is 0.376. The summed E-state index contributed by atoms with van der Waals surface area (Å²) in [5.74, 6) is 0.376. The lowest BCUT2D eigenvalue weighted by Crippen LogP contribution is -2.08. The molecule has 0 saturated carbocycles. The van der Waals surface area contributed by atoms with Crippen molar-refractivity contribution in [3.63, 3.8) is 0 Å². The fourth-order valence-electron chi connectivity index (χ4n) is 3.09. The van der Waals surface area contributed by atoms with Crippen LogP contribution in [0.25, 0.3) is 22.1 Å². The molecule has 2 aromatic carbocycles. The van der Waals surface area contributed by atoms with Crippen LogP contribution in [0, 0.1) is 0 Å². The van der Waals surface area contributed by atoms with Gasteiger partial charge < -0.3 is 9.47 Å². The Bertz CT molecular complexity index is 1110. The van der Waals surface area contributed by atoms with Crippen LogP contribution in [-0.2, 0) is 6.54 Å². The number of hydrogen-bond donors (Lipinski definition) is 1. The minimum absolute atomic E-state index is 0.376. The summed E-state index contributed by atoms with van der Waals surface area (Å²) >= 11 is 0. The first-order chi connectivity index (χ1) is 13.2. The first kappa shape index (κ1) is 17.0. The average Bonchev–Trinajstić information content (AvgIpc) is 3.01. The molecule has 7 heteroatoms. The minimum Gasteiger partial charge on any atom is -0.378 e. The van der Waals surface area contributed by atoms with Crippen LogP contribution in [0.15, 0.2) is 53.6 Å². The van der Waals surface area contributed by atoms with Crippen molar-refractivity contribution in [2.45, 2.75) is 13.5 Å². The normalized spacial score (nSPS) is 11.5. The number of benzene rings is 2. The molecule has 0 unspecified atom stereocenters. The number of hydrazone groups is 1. The summed E-state index contributed by atoms with van der Waals surface area (Å²) < 4.78 is 2.13. The highest BCUT2D eigenvalue weighted by atomic mass is 15.4. The van der Waals surface area contributed by atoms with E-state index in [1.165, 1.54) is 0 Å². The molecule has 1 N–H and O–H groups in total. The molecular weight excluding hydrogens is 338 g/mol. The Hall–Kier alpha value is -3.48. The zero-order valence-electron chi connectivity index (χ0n) is 15.6. The summed E-state index contributed by atoms with van der Waals surface area (Å²) in [5.41, 5.74) is 7.74. The number of nitrogens with one attached hydrogen (secondary N) is 1. The average molecular weight is 359 g/mol. The standard InChI is InChI=1S/C20H21N7/c1-4-27-17-8-6-5-7-16(17)18-19(27)22-20(25-23-18)24-21-13-14-9-11-15(12-10-14)26(2)3/h5-13H,4H2,1-3H3,(H,22,24,25)/b21-13-. The van der Waals surface area contributed by atoms with Crippen molar-refractivity contribution in [2.75, 3.05) is 24.4 Å². The van der Waals surface area contributed by atoms with Gasteiger partial charge in [0, 0.05) is 31.7 Å². The van der Waals surface area contributed by atoms with E-state index >= 15 is 0 Å². The second-order valence-corrected chi connectivity index (χ2v) is 6.42. The molecule has 2 heterocycles. The van der Waals surface area contributed by atoms with Gasteiger partial charge in [-0.05, 0) is 30.7 Å². The number of para-hydroxylation sites is 1. The molecule has 7 nitrogen and oxygen atoms in total. The summed E-state index contributed by atoms with van der Waals surface area (Å²) in [6, 6.07) is 16.3. The van der Waals surface area contributed by atoms with Gasteiger partial charge in [-0.25, -0.2) is 5.43 Å². The topological polar surface area (TPSA) is 71.2 Å². The van der Waals surface area contributed by atoms with Gasteiger partial charge in [-0.2, -0.15) is 10.1 Å². The van der Waals surface area contributed by atoms with E-state index in [0.29, 0.717) is 5.95 Å². The molecule has 136 valence electrons. The molecule has 0 saturated heterocycles. The maximum Gasteiger partial charge on any atom is 0.265 e. The predicted molar refractivity (Wildman–Crippen MR) is 110 cm³/mol. The van der Waals surface area contributed by atoms with Gasteiger partial charge in [0.1, 0.15) is 5.52 Å². The zero-order chi connectivity index (χ0) is 18.8. The molecule has 0 aliphatic rings. The van der Waals surface area contributed by atoms with Gasteiger partial charge >= 0.3 is 0 Å². The lowest BCUT2D eigenvalue weighted by Gasteiger charge is -2.11. The molecule has 0 bridgehead atoms. The quantitative estimate of drug-likeness (QED) is 0.436. The largest absolute Gasteiger partial charge is 0.378 e. The van der Waals surface area contributed by atoms with E-state index in [1.807, 2.05) is 56.6 Å². The van der Waals surface area contributed by atoms with Crippen molar-refractivity contribution in [1.82, 2.24) is 19.7 Å². The van der Waals surface area contributed by atoms with Crippen molar-refractivity contribution in [3.8, 4) is 0 Å². The molecule has 0 fully saturated rings. The zero-order valence-corrected chi connectivity index (χ0v) is 15.6. The molecule has 0 atom stereocenters. The highest BCUT2D eigenvalue weighted by Gasteiger charge is 2.13. The molecule has 2 aromatic heterocycles. The fourth-order valence-corrected chi connectivity index (χ4v) is 3.09. The van der Waals surface area contributed by atoms with E-state index in [2.05, 4.69) is 48.2 Å². The van der Waals surface area contributed by atoms with Crippen molar-refractivity contribution in [1.29, 1.82) is 0 Å². The maximum absolute atomic E-state index is 4.61. The van der Waals surface area contributed by atoms with Crippen molar-refractivity contribution < 1.29 is 0 Å². The number of aromatic nitrogens is 4. The van der Waals surface area contributed by atoms with E-state index in [-0.39, 0.29) is 0 Å². The molecule has 4 rings (SSSR count). The Labute approximate surface area is 157 Å². The smallest absolute Gasteiger partial charge is 0.265 e. The number of fused-ring (bicyclic) bond motifs is 3. The van der Waals surface area contributed by atoms with Crippen molar-refractivity contribution in [2.24, 2.45) is 5.10 Å². The van der Waals surface area contributed by atoms with Crippen molar-refractivity contribution >= 4 is 39.9 Å². The third-order valence-corrected chi connectivity index (χ3v) is 4.48. The summed E-state index contributed by atoms with van der Waals surface area (Å²) in [6.45, 7) is 2.90. The van der Waals surface area contributed by atoms with Gasteiger partial charge in [0.05, 0.1) is 11.7 Å². The Balaban J connectivity index is 1.60. The Morgan fingerprint density at radius 3 is 2.59 bits per heavy atom. The Morgan fingerprint density at radius 1 is 1.07 bits per heavy atom. The van der Waals surface area contributed by atoms with Crippen LogP contribution in [-0.4, -0.2) is 40.1 Å². The van der Waals surface area contributed by atoms with Gasteiger partial charge in [0.25, 0.3) is 5.95 Å². The number of anilines is 2. The van der Waals surface area contributed by atoms with Gasteiger partial charge in [0.15, 0.2) is 5.65 Å². The summed E-state index contributed by atoms with van der Waals surface area (Å²) in [4.78, 5) is 6.67. The highest BCUT2D eigenvalue weighted by molar-refractivity contribution is 6.04. The van der Waals surface area contributed by atoms with Crippen LogP contribution in [0.5, 0.6) is 0 Å². The number of nitrogens with zero attached hydrogens (tertiary/aromatic N) is 6.